The molecule has 7 nitrogen and oxygen atoms in total. The van der Waals surface area contributed by atoms with Crippen molar-refractivity contribution in [2.75, 3.05) is 17.4 Å². The first-order chi connectivity index (χ1) is 20.1. The number of hydrogen-bond donors (Lipinski definition) is 1. The largest absolute Gasteiger partial charge is 0.352 e. The van der Waals surface area contributed by atoms with Crippen molar-refractivity contribution in [1.82, 2.24) is 10.2 Å². The van der Waals surface area contributed by atoms with Crippen LogP contribution in [0.4, 0.5) is 5.69 Å². The number of sulfonamides is 1. The molecule has 42 heavy (non-hydrogen) atoms. The molecule has 0 heterocycles. The zero-order valence-electron chi connectivity index (χ0n) is 24.6. The van der Waals surface area contributed by atoms with Gasteiger partial charge in [-0.1, -0.05) is 85.0 Å². The Hall–Kier alpha value is -3.36. The highest BCUT2D eigenvalue weighted by atomic mass is 35.5. The van der Waals surface area contributed by atoms with Crippen LogP contribution in [0.15, 0.2) is 77.7 Å². The molecule has 0 unspecified atom stereocenters. The van der Waals surface area contributed by atoms with E-state index in [1.165, 1.54) is 17.0 Å². The summed E-state index contributed by atoms with van der Waals surface area (Å²) in [7, 11) is -4.14. The zero-order chi connectivity index (χ0) is 30.3. The number of nitrogens with zero attached hydrogens (tertiary/aromatic N) is 2. The van der Waals surface area contributed by atoms with E-state index in [4.69, 9.17) is 11.6 Å². The number of aryl methyl sites for hydroxylation is 2. The number of amides is 2. The maximum Gasteiger partial charge on any atom is 0.264 e. The summed E-state index contributed by atoms with van der Waals surface area (Å²) in [5.74, 6) is -0.695. The average molecular weight is 610 g/mol. The maximum absolute atomic E-state index is 14.1. The first kappa shape index (κ1) is 31.6. The van der Waals surface area contributed by atoms with Gasteiger partial charge >= 0.3 is 0 Å². The van der Waals surface area contributed by atoms with Gasteiger partial charge < -0.3 is 10.2 Å². The highest BCUT2D eigenvalue weighted by molar-refractivity contribution is 7.92. The molecular formula is C33H40ClN3O4S. The van der Waals surface area contributed by atoms with Gasteiger partial charge in [0.15, 0.2) is 0 Å². The smallest absolute Gasteiger partial charge is 0.264 e. The Morgan fingerprint density at radius 3 is 2.26 bits per heavy atom. The van der Waals surface area contributed by atoms with Crippen molar-refractivity contribution >= 4 is 39.1 Å². The van der Waals surface area contributed by atoms with E-state index in [0.29, 0.717) is 11.4 Å². The fraction of sp³-hybridized carbons (Fsp3) is 0.394. The van der Waals surface area contributed by atoms with Crippen LogP contribution in [0, 0.1) is 13.8 Å². The fourth-order valence-electron chi connectivity index (χ4n) is 5.24. The molecule has 0 aliphatic heterocycles. The Morgan fingerprint density at radius 1 is 0.952 bits per heavy atom. The summed E-state index contributed by atoms with van der Waals surface area (Å²) in [6, 6.07) is 20.5. The van der Waals surface area contributed by atoms with E-state index in [9.17, 15) is 18.0 Å². The summed E-state index contributed by atoms with van der Waals surface area (Å²) in [4.78, 5) is 29.0. The Morgan fingerprint density at radius 2 is 1.62 bits per heavy atom. The van der Waals surface area contributed by atoms with Gasteiger partial charge in [0.05, 0.1) is 10.6 Å². The second kappa shape index (κ2) is 14.2. The van der Waals surface area contributed by atoms with Crippen molar-refractivity contribution in [3.8, 4) is 0 Å². The molecule has 0 bridgehead atoms. The van der Waals surface area contributed by atoms with Crippen LogP contribution in [0.3, 0.4) is 0 Å². The van der Waals surface area contributed by atoms with Crippen molar-refractivity contribution in [1.29, 1.82) is 0 Å². The summed E-state index contributed by atoms with van der Waals surface area (Å²) in [6.07, 6.45) is 5.68. The molecule has 1 saturated carbocycles. The summed E-state index contributed by atoms with van der Waals surface area (Å²) >= 11 is 6.41. The van der Waals surface area contributed by atoms with Crippen LogP contribution in [0.1, 0.15) is 55.7 Å². The van der Waals surface area contributed by atoms with Crippen LogP contribution in [0.25, 0.3) is 0 Å². The molecule has 1 fully saturated rings. The summed E-state index contributed by atoms with van der Waals surface area (Å²) < 4.78 is 29.0. The van der Waals surface area contributed by atoms with Crippen LogP contribution in [0.5, 0.6) is 0 Å². The number of hydrogen-bond acceptors (Lipinski definition) is 4. The number of halogens is 1. The quantitative estimate of drug-likeness (QED) is 0.286. The Bertz CT molecular complexity index is 1470. The second-order valence-electron chi connectivity index (χ2n) is 11.1. The molecule has 3 aromatic carbocycles. The Labute approximate surface area is 254 Å². The van der Waals surface area contributed by atoms with E-state index in [-0.39, 0.29) is 29.1 Å². The molecule has 224 valence electrons. The Balaban J connectivity index is 1.65. The summed E-state index contributed by atoms with van der Waals surface area (Å²) in [6.45, 7) is 5.19. The number of carbonyl (C=O) groups is 2. The highest BCUT2D eigenvalue weighted by Crippen LogP contribution is 2.29. The molecule has 1 aliphatic rings. The predicted molar refractivity (Wildman–Crippen MR) is 168 cm³/mol. The number of benzene rings is 3. The molecule has 4 rings (SSSR count). The van der Waals surface area contributed by atoms with Gasteiger partial charge in [-0.15, -0.1) is 0 Å². The second-order valence-corrected chi connectivity index (χ2v) is 13.4. The highest BCUT2D eigenvalue weighted by Gasteiger charge is 2.33. The van der Waals surface area contributed by atoms with Gasteiger partial charge in [0.2, 0.25) is 11.8 Å². The normalized spacial score (nSPS) is 14.7. The van der Waals surface area contributed by atoms with Crippen LogP contribution in [-0.4, -0.2) is 50.3 Å². The van der Waals surface area contributed by atoms with Crippen LogP contribution < -0.4 is 9.62 Å². The summed E-state index contributed by atoms with van der Waals surface area (Å²) in [5.41, 5.74) is 3.00. The third kappa shape index (κ3) is 7.92. The van der Waals surface area contributed by atoms with Crippen LogP contribution >= 0.6 is 11.6 Å². The number of anilines is 1. The number of nitrogens with one attached hydrogen (secondary N) is 1. The molecule has 0 spiro atoms. The number of carbonyl (C=O) groups excluding carboxylic acids is 2. The van der Waals surface area contributed by atoms with E-state index < -0.39 is 28.5 Å². The average Bonchev–Trinajstić information content (AvgIpc) is 2.98. The Kier molecular flexibility index (Phi) is 10.7. The lowest BCUT2D eigenvalue weighted by Crippen LogP contribution is -2.53. The van der Waals surface area contributed by atoms with Crippen molar-refractivity contribution in [3.63, 3.8) is 0 Å². The third-order valence-electron chi connectivity index (χ3n) is 7.93. The standard InChI is InChI=1S/C33H40ClN3O4S/c1-24-14-18-30(19-15-24)42(40,41)37(29-17-16-25(2)31(34)22-29)23-32(38)36(21-20-27-10-6-4-7-11-27)26(3)33(39)35-28-12-8-5-9-13-28/h4,6-7,10-11,14-19,22,26,28H,5,8-9,12-13,20-21,23H2,1-3H3,(H,35,39)/t26-/m0/s1. The number of rotatable bonds is 11. The third-order valence-corrected chi connectivity index (χ3v) is 10.1. The first-order valence-corrected chi connectivity index (χ1v) is 16.4. The molecule has 9 heteroatoms. The first-order valence-electron chi connectivity index (χ1n) is 14.6. The van der Waals surface area contributed by atoms with Crippen molar-refractivity contribution < 1.29 is 18.0 Å². The van der Waals surface area contributed by atoms with Gasteiger partial charge in [-0.3, -0.25) is 13.9 Å². The zero-order valence-corrected chi connectivity index (χ0v) is 26.1. The van der Waals surface area contributed by atoms with Crippen molar-refractivity contribution in [3.05, 3.63) is 94.5 Å². The van der Waals surface area contributed by atoms with Crippen molar-refractivity contribution in [2.45, 2.75) is 76.3 Å². The van der Waals surface area contributed by atoms with Crippen molar-refractivity contribution in [2.24, 2.45) is 0 Å². The van der Waals surface area contributed by atoms with E-state index in [0.717, 1.165) is 53.1 Å². The molecule has 1 atom stereocenters. The molecule has 2 amide bonds. The van der Waals surface area contributed by atoms with Gasteiger partial charge in [0.1, 0.15) is 12.6 Å². The molecule has 1 N–H and O–H groups in total. The minimum atomic E-state index is -4.14. The monoisotopic (exact) mass is 609 g/mol. The molecule has 3 aromatic rings. The minimum absolute atomic E-state index is 0.0662. The lowest BCUT2D eigenvalue weighted by molar-refractivity contribution is -0.139. The van der Waals surface area contributed by atoms with Crippen LogP contribution in [0.2, 0.25) is 5.02 Å². The van der Waals surface area contributed by atoms with Gasteiger partial charge in [0.25, 0.3) is 10.0 Å². The van der Waals surface area contributed by atoms with E-state index in [2.05, 4.69) is 5.32 Å². The molecular weight excluding hydrogens is 570 g/mol. The lowest BCUT2D eigenvalue weighted by atomic mass is 9.95. The SMILES string of the molecule is Cc1ccc(S(=O)(=O)N(CC(=O)N(CCc2ccccc2)[C@@H](C)C(=O)NC2CCCCC2)c2ccc(C)c(Cl)c2)cc1. The minimum Gasteiger partial charge on any atom is -0.352 e. The molecule has 1 aliphatic carbocycles. The molecule has 0 saturated heterocycles. The summed E-state index contributed by atoms with van der Waals surface area (Å²) in [5, 5.41) is 3.52. The van der Waals surface area contributed by atoms with E-state index >= 15 is 0 Å². The van der Waals surface area contributed by atoms with Crippen LogP contribution in [-0.2, 0) is 26.0 Å². The maximum atomic E-state index is 14.1. The fourth-order valence-corrected chi connectivity index (χ4v) is 6.82. The topological polar surface area (TPSA) is 86.8 Å². The van der Waals surface area contributed by atoms with E-state index in [1.54, 1.807) is 37.3 Å². The van der Waals surface area contributed by atoms with Gasteiger partial charge in [0, 0.05) is 17.6 Å². The predicted octanol–water partition coefficient (Wildman–Crippen LogP) is 6.06. The molecule has 0 radical (unpaired) electrons. The molecule has 0 aromatic heterocycles. The van der Waals surface area contributed by atoms with E-state index in [1.807, 2.05) is 44.2 Å². The van der Waals surface area contributed by atoms with Gasteiger partial charge in [-0.05, 0) is 75.4 Å². The lowest BCUT2D eigenvalue weighted by Gasteiger charge is -2.33. The van der Waals surface area contributed by atoms with Gasteiger partial charge in [-0.25, -0.2) is 8.42 Å². The van der Waals surface area contributed by atoms with Gasteiger partial charge in [-0.2, -0.15) is 0 Å².